The number of aliphatic imine (C=N–C) groups is 1. The van der Waals surface area contributed by atoms with Crippen molar-refractivity contribution in [1.82, 2.24) is 14.9 Å². The molecule has 164 valence electrons. The van der Waals surface area contributed by atoms with E-state index in [0.29, 0.717) is 24.0 Å². The topological polar surface area (TPSA) is 83.0 Å². The van der Waals surface area contributed by atoms with Crippen LogP contribution in [0.4, 0.5) is 0 Å². The van der Waals surface area contributed by atoms with E-state index >= 15 is 0 Å². The number of hydrogen-bond acceptors (Lipinski definition) is 4. The van der Waals surface area contributed by atoms with Gasteiger partial charge in [-0.3, -0.25) is 4.99 Å². The van der Waals surface area contributed by atoms with E-state index in [4.69, 9.17) is 4.74 Å². The van der Waals surface area contributed by atoms with Gasteiger partial charge in [-0.05, 0) is 50.1 Å². The normalized spacial score (nSPS) is 12.3. The van der Waals surface area contributed by atoms with Crippen molar-refractivity contribution in [3.63, 3.8) is 0 Å². The Bertz CT molecular complexity index is 898. The summed E-state index contributed by atoms with van der Waals surface area (Å²) in [7, 11) is -0.155. The molecule has 7 nitrogen and oxygen atoms in total. The predicted octanol–water partition coefficient (Wildman–Crippen LogP) is 2.85. The van der Waals surface area contributed by atoms with Crippen LogP contribution in [0.3, 0.4) is 0 Å². The summed E-state index contributed by atoms with van der Waals surface area (Å²) in [5.41, 5.74) is 0.969. The van der Waals surface area contributed by atoms with Gasteiger partial charge in [0.05, 0.1) is 11.5 Å². The van der Waals surface area contributed by atoms with Crippen molar-refractivity contribution in [3.05, 3.63) is 60.2 Å². The molecule has 0 unspecified atom stereocenters. The number of nitrogens with zero attached hydrogens (tertiary/aromatic N) is 2. The fourth-order valence-corrected chi connectivity index (χ4v) is 3.98. The van der Waals surface area contributed by atoms with Gasteiger partial charge >= 0.3 is 0 Å². The first-order valence-corrected chi connectivity index (χ1v) is 11.5. The smallest absolute Gasteiger partial charge is 0.243 e. The van der Waals surface area contributed by atoms with E-state index in [1.807, 2.05) is 56.3 Å². The monoisotopic (exact) mass is 432 g/mol. The maximum Gasteiger partial charge on any atom is 0.243 e. The van der Waals surface area contributed by atoms with Crippen molar-refractivity contribution in [2.75, 3.05) is 27.2 Å². The van der Waals surface area contributed by atoms with E-state index in [2.05, 4.69) is 15.6 Å². The second kappa shape index (κ2) is 11.6. The Labute approximate surface area is 180 Å². The molecule has 0 heterocycles. The summed E-state index contributed by atoms with van der Waals surface area (Å²) >= 11 is 0. The average Bonchev–Trinajstić information content (AvgIpc) is 2.76. The third-order valence-electron chi connectivity index (χ3n) is 4.64. The minimum Gasteiger partial charge on any atom is -0.494 e. The van der Waals surface area contributed by atoms with Crippen LogP contribution in [0.1, 0.15) is 25.8 Å². The molecular formula is C22H32N4O3S. The highest BCUT2D eigenvalue weighted by Gasteiger charge is 2.22. The number of rotatable bonds is 10. The Morgan fingerprint density at radius 2 is 1.73 bits per heavy atom. The van der Waals surface area contributed by atoms with Crippen molar-refractivity contribution < 1.29 is 13.2 Å². The quantitative estimate of drug-likeness (QED) is 0.343. The molecule has 0 aromatic heterocycles. The number of ether oxygens (including phenoxy) is 1. The average molecular weight is 433 g/mol. The Hall–Kier alpha value is -2.58. The van der Waals surface area contributed by atoms with Crippen LogP contribution in [0, 0.1) is 0 Å². The molecule has 0 bridgehead atoms. The Balaban J connectivity index is 1.76. The maximum atomic E-state index is 12.5. The lowest BCUT2D eigenvalue weighted by atomic mass is 10.2. The molecule has 30 heavy (non-hydrogen) atoms. The summed E-state index contributed by atoms with van der Waals surface area (Å²) in [6.07, 6.45) is 0.839. The molecule has 0 amide bonds. The molecule has 0 saturated heterocycles. The summed E-state index contributed by atoms with van der Waals surface area (Å²) in [5, 5.41) is 6.48. The van der Waals surface area contributed by atoms with Crippen molar-refractivity contribution in [2.45, 2.75) is 37.8 Å². The highest BCUT2D eigenvalue weighted by Crippen LogP contribution is 2.17. The summed E-state index contributed by atoms with van der Waals surface area (Å²) in [5.74, 6) is 1.55. The first-order chi connectivity index (χ1) is 14.3. The van der Waals surface area contributed by atoms with E-state index in [-0.39, 0.29) is 6.04 Å². The zero-order chi connectivity index (χ0) is 22.0. The van der Waals surface area contributed by atoms with Gasteiger partial charge in [-0.25, -0.2) is 8.42 Å². The molecule has 0 spiro atoms. The minimum absolute atomic E-state index is 0.0937. The number of para-hydroxylation sites is 1. The van der Waals surface area contributed by atoms with Gasteiger partial charge in [0.25, 0.3) is 0 Å². The molecule has 0 aliphatic heterocycles. The lowest BCUT2D eigenvalue weighted by Crippen LogP contribution is -2.37. The Morgan fingerprint density at radius 3 is 2.33 bits per heavy atom. The molecular weight excluding hydrogens is 400 g/mol. The number of hydrogen-bond donors (Lipinski definition) is 2. The first kappa shape index (κ1) is 23.7. The van der Waals surface area contributed by atoms with Crippen molar-refractivity contribution in [3.8, 4) is 5.75 Å². The zero-order valence-corrected chi connectivity index (χ0v) is 18.9. The van der Waals surface area contributed by atoms with Crippen LogP contribution >= 0.6 is 0 Å². The van der Waals surface area contributed by atoms with Gasteiger partial charge in [0.15, 0.2) is 5.96 Å². The predicted molar refractivity (Wildman–Crippen MR) is 121 cm³/mol. The highest BCUT2D eigenvalue weighted by molar-refractivity contribution is 7.89. The van der Waals surface area contributed by atoms with Gasteiger partial charge < -0.3 is 15.4 Å². The van der Waals surface area contributed by atoms with E-state index in [1.165, 1.54) is 4.31 Å². The number of guanidine groups is 1. The summed E-state index contributed by atoms with van der Waals surface area (Å²) < 4.78 is 32.1. The van der Waals surface area contributed by atoms with Crippen LogP contribution in [-0.2, 0) is 16.6 Å². The molecule has 0 fully saturated rings. The SMILES string of the molecule is CN=C(NCCCOc1ccccc1)NCc1ccc(S(=O)(=O)N(C)C(C)C)cc1. The van der Waals surface area contributed by atoms with Crippen LogP contribution in [0.5, 0.6) is 5.75 Å². The standard InChI is InChI=1S/C22H32N4O3S/c1-18(2)26(4)30(27,28)21-13-11-19(12-14-21)17-25-22(23-3)24-15-8-16-29-20-9-6-5-7-10-20/h5-7,9-14,18H,8,15-17H2,1-4H3,(H2,23,24,25). The maximum absolute atomic E-state index is 12.5. The van der Waals surface area contributed by atoms with Gasteiger partial charge in [0.2, 0.25) is 10.0 Å². The van der Waals surface area contributed by atoms with Gasteiger partial charge in [0.1, 0.15) is 5.75 Å². The minimum atomic E-state index is -3.46. The largest absolute Gasteiger partial charge is 0.494 e. The lowest BCUT2D eigenvalue weighted by molar-refractivity contribution is 0.311. The highest BCUT2D eigenvalue weighted by atomic mass is 32.2. The molecule has 0 radical (unpaired) electrons. The fourth-order valence-electron chi connectivity index (χ4n) is 2.62. The zero-order valence-electron chi connectivity index (χ0n) is 18.1. The van der Waals surface area contributed by atoms with Gasteiger partial charge in [-0.15, -0.1) is 0 Å². The molecule has 0 atom stereocenters. The molecule has 0 saturated carbocycles. The third kappa shape index (κ3) is 7.03. The number of nitrogens with one attached hydrogen (secondary N) is 2. The molecule has 2 aromatic carbocycles. The first-order valence-electron chi connectivity index (χ1n) is 10.0. The molecule has 0 aliphatic carbocycles. The lowest BCUT2D eigenvalue weighted by Gasteiger charge is -2.21. The van der Waals surface area contributed by atoms with Gasteiger partial charge in [-0.1, -0.05) is 30.3 Å². The van der Waals surface area contributed by atoms with Crippen LogP contribution in [0.25, 0.3) is 0 Å². The van der Waals surface area contributed by atoms with Crippen molar-refractivity contribution >= 4 is 16.0 Å². The van der Waals surface area contributed by atoms with Crippen LogP contribution in [0.2, 0.25) is 0 Å². The van der Waals surface area contributed by atoms with Crippen molar-refractivity contribution in [1.29, 1.82) is 0 Å². The number of benzene rings is 2. The Kier molecular flexibility index (Phi) is 9.14. The molecule has 2 rings (SSSR count). The summed E-state index contributed by atoms with van der Waals surface area (Å²) in [6, 6.07) is 16.5. The number of sulfonamides is 1. The summed E-state index contributed by atoms with van der Waals surface area (Å²) in [6.45, 7) is 5.59. The van der Waals surface area contributed by atoms with Gasteiger partial charge in [0, 0.05) is 33.2 Å². The third-order valence-corrected chi connectivity index (χ3v) is 6.68. The van der Waals surface area contributed by atoms with Crippen molar-refractivity contribution in [2.24, 2.45) is 4.99 Å². The summed E-state index contributed by atoms with van der Waals surface area (Å²) in [4.78, 5) is 4.50. The second-order valence-electron chi connectivity index (χ2n) is 7.13. The van der Waals surface area contributed by atoms with E-state index in [1.54, 1.807) is 26.2 Å². The molecule has 2 N–H and O–H groups in total. The second-order valence-corrected chi connectivity index (χ2v) is 9.12. The van der Waals surface area contributed by atoms with E-state index in [9.17, 15) is 8.42 Å². The van der Waals surface area contributed by atoms with Crippen LogP contribution < -0.4 is 15.4 Å². The van der Waals surface area contributed by atoms with Gasteiger partial charge in [-0.2, -0.15) is 4.31 Å². The van der Waals surface area contributed by atoms with Crippen LogP contribution in [0.15, 0.2) is 64.5 Å². The molecule has 2 aromatic rings. The fraction of sp³-hybridized carbons (Fsp3) is 0.409. The molecule has 0 aliphatic rings. The van der Waals surface area contributed by atoms with Crippen LogP contribution in [-0.4, -0.2) is 52.0 Å². The van der Waals surface area contributed by atoms with E-state index < -0.39 is 10.0 Å². The Morgan fingerprint density at radius 1 is 1.07 bits per heavy atom. The van der Waals surface area contributed by atoms with E-state index in [0.717, 1.165) is 24.3 Å². The molecule has 8 heteroatoms.